The van der Waals surface area contributed by atoms with Gasteiger partial charge in [-0.15, -0.1) is 0 Å². The number of aliphatic hydroxyl groups excluding tert-OH is 3. The van der Waals surface area contributed by atoms with E-state index in [9.17, 15) is 10.2 Å². The molecule has 2 aromatic rings. The number of aromatic nitrogens is 1. The molecule has 0 radical (unpaired) electrons. The van der Waals surface area contributed by atoms with Crippen LogP contribution in [0, 0.1) is 0 Å². The van der Waals surface area contributed by atoms with Crippen LogP contribution in [0.1, 0.15) is 0 Å². The van der Waals surface area contributed by atoms with Crippen molar-refractivity contribution in [1.82, 2.24) is 4.98 Å². The Balaban J connectivity index is 1.91. The monoisotopic (exact) mass is 377 g/mol. The largest absolute Gasteiger partial charge is 0.460 e. The zero-order chi connectivity index (χ0) is 15.1. The van der Waals surface area contributed by atoms with Gasteiger partial charge in [0.15, 0.2) is 0 Å². The van der Waals surface area contributed by atoms with E-state index in [1.54, 1.807) is 12.3 Å². The van der Waals surface area contributed by atoms with Crippen LogP contribution in [0.15, 0.2) is 22.8 Å². The van der Waals surface area contributed by atoms with Gasteiger partial charge in [-0.2, -0.15) is 0 Å². The molecule has 1 fully saturated rings. The zero-order valence-electron chi connectivity index (χ0n) is 10.7. The Morgan fingerprint density at radius 1 is 1.33 bits per heavy atom. The predicted molar refractivity (Wildman–Crippen MR) is 79.4 cm³/mol. The molecule has 1 aliphatic rings. The maximum absolute atomic E-state index is 9.89. The van der Waals surface area contributed by atoms with E-state index in [2.05, 4.69) is 20.9 Å². The molecule has 4 atom stereocenters. The fourth-order valence-corrected chi connectivity index (χ4v) is 2.90. The Hall–Kier alpha value is -0.830. The first-order chi connectivity index (χ1) is 10.0. The van der Waals surface area contributed by atoms with E-state index in [0.29, 0.717) is 20.6 Å². The first kappa shape index (κ1) is 15.1. The average molecular weight is 379 g/mol. The van der Waals surface area contributed by atoms with Crippen molar-refractivity contribution in [1.29, 1.82) is 0 Å². The molecule has 1 unspecified atom stereocenters. The molecule has 6 nitrogen and oxygen atoms in total. The summed E-state index contributed by atoms with van der Waals surface area (Å²) in [6.07, 6.45) is -2.81. The van der Waals surface area contributed by atoms with Crippen LogP contribution in [-0.4, -0.2) is 51.5 Å². The van der Waals surface area contributed by atoms with Crippen LogP contribution in [0.4, 0.5) is 0 Å². The molecule has 1 aromatic heterocycles. The second kappa shape index (κ2) is 5.75. The molecule has 4 N–H and O–H groups in total. The highest BCUT2D eigenvalue weighted by Crippen LogP contribution is 2.38. The normalized spacial score (nSPS) is 29.2. The minimum Gasteiger partial charge on any atom is -0.460 e. The molecule has 3 rings (SSSR count). The maximum atomic E-state index is 9.89. The highest BCUT2D eigenvalue weighted by atomic mass is 79.9. The van der Waals surface area contributed by atoms with E-state index in [-0.39, 0.29) is 0 Å². The van der Waals surface area contributed by atoms with Gasteiger partial charge in [0.2, 0.25) is 6.29 Å². The number of rotatable bonds is 3. The Morgan fingerprint density at radius 2 is 2.10 bits per heavy atom. The summed E-state index contributed by atoms with van der Waals surface area (Å²) >= 11 is 9.57. The van der Waals surface area contributed by atoms with Gasteiger partial charge in [0, 0.05) is 10.7 Å². The molecule has 1 aromatic carbocycles. The first-order valence-corrected chi connectivity index (χ1v) is 7.44. The second-order valence-electron chi connectivity index (χ2n) is 4.76. The molecule has 0 bridgehead atoms. The molecule has 21 heavy (non-hydrogen) atoms. The van der Waals surface area contributed by atoms with Crippen molar-refractivity contribution in [3.8, 4) is 5.75 Å². The van der Waals surface area contributed by atoms with Crippen molar-refractivity contribution in [2.75, 3.05) is 6.61 Å². The molecular weight excluding hydrogens is 366 g/mol. The summed E-state index contributed by atoms with van der Waals surface area (Å²) in [5, 5.41) is 29.8. The zero-order valence-corrected chi connectivity index (χ0v) is 13.0. The van der Waals surface area contributed by atoms with Crippen LogP contribution < -0.4 is 4.74 Å². The van der Waals surface area contributed by atoms with E-state index in [0.717, 1.165) is 5.52 Å². The van der Waals surface area contributed by atoms with Crippen molar-refractivity contribution in [2.45, 2.75) is 24.6 Å². The summed E-state index contributed by atoms with van der Waals surface area (Å²) < 4.78 is 11.6. The van der Waals surface area contributed by atoms with Crippen molar-refractivity contribution in [3.05, 3.63) is 27.8 Å². The van der Waals surface area contributed by atoms with E-state index in [1.165, 1.54) is 0 Å². The van der Waals surface area contributed by atoms with Crippen LogP contribution in [0.5, 0.6) is 5.75 Å². The highest BCUT2D eigenvalue weighted by Gasteiger charge is 2.44. The van der Waals surface area contributed by atoms with Gasteiger partial charge in [-0.1, -0.05) is 11.6 Å². The minimum atomic E-state index is -1.25. The molecule has 0 spiro atoms. The Bertz CT molecular complexity index is 663. The third-order valence-electron chi connectivity index (χ3n) is 3.44. The van der Waals surface area contributed by atoms with Crippen LogP contribution in [0.3, 0.4) is 0 Å². The fraction of sp³-hybridized carbons (Fsp3) is 0.385. The molecule has 1 saturated heterocycles. The number of H-pyrrole nitrogens is 1. The third-order valence-corrected chi connectivity index (χ3v) is 4.72. The van der Waals surface area contributed by atoms with Gasteiger partial charge in [-0.05, 0) is 28.1 Å². The molecule has 2 heterocycles. The van der Waals surface area contributed by atoms with Crippen LogP contribution in [-0.2, 0) is 4.74 Å². The summed E-state index contributed by atoms with van der Waals surface area (Å²) in [5.74, 6) is 0.395. The van der Waals surface area contributed by atoms with E-state index >= 15 is 0 Å². The van der Waals surface area contributed by atoms with Gasteiger partial charge in [0.25, 0.3) is 0 Å². The van der Waals surface area contributed by atoms with Crippen molar-refractivity contribution in [2.24, 2.45) is 0 Å². The Morgan fingerprint density at radius 3 is 2.76 bits per heavy atom. The molecule has 8 heteroatoms. The summed E-state index contributed by atoms with van der Waals surface area (Å²) in [4.78, 5) is 3.00. The summed E-state index contributed by atoms with van der Waals surface area (Å²) in [6, 6.07) is 3.63. The van der Waals surface area contributed by atoms with Gasteiger partial charge in [-0.3, -0.25) is 0 Å². The van der Waals surface area contributed by atoms with Crippen molar-refractivity contribution >= 4 is 38.4 Å². The SMILES string of the molecule is OC[C@H]1O[C@@H](Oc2c[nH]c3ccc(Br)c(Cl)c23)C(O)[C@H]1O. The van der Waals surface area contributed by atoms with E-state index < -0.39 is 31.2 Å². The fourth-order valence-electron chi connectivity index (χ4n) is 2.31. The third kappa shape index (κ3) is 2.54. The number of hydrogen-bond donors (Lipinski definition) is 4. The second-order valence-corrected chi connectivity index (χ2v) is 5.99. The maximum Gasteiger partial charge on any atom is 0.229 e. The standard InChI is InChI=1S/C13H13BrClNO5/c14-5-1-2-6-9(10(5)15)7(3-16-6)20-13-12(19)11(18)8(4-17)21-13/h1-3,8,11-13,16-19H,4H2/t8-,11+,12?,13-/m1/s1. The summed E-state index contributed by atoms with van der Waals surface area (Å²) in [6.45, 7) is -0.404. The Kier molecular flexibility index (Phi) is 4.13. The molecule has 0 saturated carbocycles. The molecule has 0 aliphatic carbocycles. The summed E-state index contributed by atoms with van der Waals surface area (Å²) in [7, 11) is 0. The van der Waals surface area contributed by atoms with Crippen molar-refractivity contribution in [3.63, 3.8) is 0 Å². The molecular formula is C13H13BrClNO5. The number of ether oxygens (including phenoxy) is 2. The topological polar surface area (TPSA) is 94.9 Å². The smallest absolute Gasteiger partial charge is 0.229 e. The number of aliphatic hydroxyl groups is 3. The molecule has 0 amide bonds. The predicted octanol–water partition coefficient (Wildman–Crippen LogP) is 1.40. The number of halogens is 2. The molecule has 1 aliphatic heterocycles. The lowest BCUT2D eigenvalue weighted by molar-refractivity contribution is -0.115. The number of benzene rings is 1. The number of fused-ring (bicyclic) bond motifs is 1. The van der Waals surface area contributed by atoms with Crippen molar-refractivity contribution < 1.29 is 24.8 Å². The first-order valence-electron chi connectivity index (χ1n) is 6.27. The number of nitrogens with one attached hydrogen (secondary N) is 1. The number of aromatic amines is 1. The van der Waals surface area contributed by atoms with Crippen LogP contribution in [0.25, 0.3) is 10.9 Å². The lowest BCUT2D eigenvalue weighted by Gasteiger charge is -2.16. The Labute approximate surface area is 133 Å². The van der Waals surface area contributed by atoms with Gasteiger partial charge in [-0.25, -0.2) is 0 Å². The lowest BCUT2D eigenvalue weighted by Crippen LogP contribution is -2.35. The van der Waals surface area contributed by atoms with Crippen LogP contribution >= 0.6 is 27.5 Å². The van der Waals surface area contributed by atoms with Gasteiger partial charge in [0.1, 0.15) is 24.1 Å². The highest BCUT2D eigenvalue weighted by molar-refractivity contribution is 9.10. The lowest BCUT2D eigenvalue weighted by atomic mass is 10.1. The van der Waals surface area contributed by atoms with Gasteiger partial charge < -0.3 is 29.8 Å². The average Bonchev–Trinajstić information content (AvgIpc) is 3.00. The minimum absolute atomic E-state index is 0.395. The van der Waals surface area contributed by atoms with Gasteiger partial charge in [0.05, 0.1) is 22.5 Å². The van der Waals surface area contributed by atoms with Gasteiger partial charge >= 0.3 is 0 Å². The van der Waals surface area contributed by atoms with Crippen LogP contribution in [0.2, 0.25) is 5.02 Å². The quantitative estimate of drug-likeness (QED) is 0.648. The van der Waals surface area contributed by atoms with E-state index in [1.807, 2.05) is 6.07 Å². The van der Waals surface area contributed by atoms with E-state index in [4.69, 9.17) is 26.2 Å². The molecule has 114 valence electrons. The summed E-state index contributed by atoms with van der Waals surface area (Å²) in [5.41, 5.74) is 0.768. The number of hydrogen-bond acceptors (Lipinski definition) is 5.